The van der Waals surface area contributed by atoms with Gasteiger partial charge in [0.25, 0.3) is 0 Å². The van der Waals surface area contributed by atoms with E-state index in [0.29, 0.717) is 25.9 Å². The van der Waals surface area contributed by atoms with Gasteiger partial charge in [0.05, 0.1) is 30.6 Å². The number of halogens is 1. The Morgan fingerprint density at radius 3 is 2.68 bits per heavy atom. The standard InChI is InChI=1S/C29H37BrN2O6/c1-4-7-14-31(13-5-2)27(35)25-29-17-21(30)24(38-29)22(28(36)37-15-6-3)23(29)26(34)32(25)20(18-33)16-19-11-9-8-10-12-19/h5-6,8-12,20-25,33H,2-4,7,13-18H2,1H3/t20-,21?,22+,23+,24+,25?,29?/m1/s1. The largest absolute Gasteiger partial charge is 0.461 e. The number of carbonyl (C=O) groups is 3. The summed E-state index contributed by atoms with van der Waals surface area (Å²) in [5.74, 6) is -2.88. The molecule has 9 heteroatoms. The van der Waals surface area contributed by atoms with Crippen LogP contribution in [0, 0.1) is 11.8 Å². The van der Waals surface area contributed by atoms with Crippen LogP contribution in [-0.4, -0.2) is 87.6 Å². The summed E-state index contributed by atoms with van der Waals surface area (Å²) in [5.41, 5.74) is -0.278. The number of likely N-dealkylation sites (tertiary alicyclic amines) is 1. The number of ether oxygens (including phenoxy) is 2. The molecule has 4 rings (SSSR count). The van der Waals surface area contributed by atoms with Gasteiger partial charge in [-0.2, -0.15) is 0 Å². The van der Waals surface area contributed by atoms with E-state index >= 15 is 0 Å². The minimum absolute atomic E-state index is 0.0202. The van der Waals surface area contributed by atoms with Crippen molar-refractivity contribution in [1.29, 1.82) is 0 Å². The third-order valence-electron chi connectivity index (χ3n) is 7.94. The molecule has 1 aromatic rings. The maximum Gasteiger partial charge on any atom is 0.312 e. The maximum atomic E-state index is 14.3. The van der Waals surface area contributed by atoms with Crippen LogP contribution >= 0.6 is 15.9 Å². The van der Waals surface area contributed by atoms with Crippen molar-refractivity contribution in [2.24, 2.45) is 11.8 Å². The Hall–Kier alpha value is -2.49. The predicted octanol–water partition coefficient (Wildman–Crippen LogP) is 2.88. The van der Waals surface area contributed by atoms with Gasteiger partial charge in [-0.1, -0.05) is 78.3 Å². The molecule has 38 heavy (non-hydrogen) atoms. The van der Waals surface area contributed by atoms with Crippen LogP contribution in [0.15, 0.2) is 55.6 Å². The lowest BCUT2D eigenvalue weighted by molar-refractivity contribution is -0.155. The van der Waals surface area contributed by atoms with Crippen LogP contribution in [0.2, 0.25) is 0 Å². The number of aliphatic hydroxyl groups excluding tert-OH is 1. The topological polar surface area (TPSA) is 96.4 Å². The fourth-order valence-electron chi connectivity index (χ4n) is 6.35. The number of rotatable bonds is 13. The Morgan fingerprint density at radius 2 is 2.05 bits per heavy atom. The molecule has 3 unspecified atom stereocenters. The predicted molar refractivity (Wildman–Crippen MR) is 146 cm³/mol. The third kappa shape index (κ3) is 4.96. The molecule has 206 valence electrons. The number of carbonyl (C=O) groups excluding carboxylic acids is 3. The summed E-state index contributed by atoms with van der Waals surface area (Å²) in [6.07, 6.45) is 5.01. The van der Waals surface area contributed by atoms with Gasteiger partial charge in [-0.25, -0.2) is 0 Å². The van der Waals surface area contributed by atoms with Gasteiger partial charge in [-0.05, 0) is 24.8 Å². The second kappa shape index (κ2) is 12.1. The first-order valence-corrected chi connectivity index (χ1v) is 14.2. The average molecular weight is 590 g/mol. The highest BCUT2D eigenvalue weighted by Gasteiger charge is 2.77. The molecule has 3 fully saturated rings. The van der Waals surface area contributed by atoms with Crippen molar-refractivity contribution in [3.05, 3.63) is 61.2 Å². The van der Waals surface area contributed by atoms with Gasteiger partial charge in [0.1, 0.15) is 18.2 Å². The van der Waals surface area contributed by atoms with Crippen molar-refractivity contribution in [2.75, 3.05) is 26.3 Å². The Labute approximate surface area is 232 Å². The van der Waals surface area contributed by atoms with Gasteiger partial charge in [-0.3, -0.25) is 14.4 Å². The van der Waals surface area contributed by atoms with E-state index in [0.717, 1.165) is 18.4 Å². The van der Waals surface area contributed by atoms with E-state index in [2.05, 4.69) is 36.0 Å². The number of hydrogen-bond acceptors (Lipinski definition) is 6. The number of unbranched alkanes of at least 4 members (excludes halogenated alkanes) is 1. The highest BCUT2D eigenvalue weighted by molar-refractivity contribution is 9.09. The summed E-state index contributed by atoms with van der Waals surface area (Å²) < 4.78 is 11.9. The van der Waals surface area contributed by atoms with Gasteiger partial charge >= 0.3 is 5.97 Å². The number of benzene rings is 1. The van der Waals surface area contributed by atoms with E-state index in [-0.39, 0.29) is 29.9 Å². The zero-order chi connectivity index (χ0) is 27.4. The summed E-state index contributed by atoms with van der Waals surface area (Å²) in [4.78, 5) is 44.8. The smallest absolute Gasteiger partial charge is 0.312 e. The third-order valence-corrected chi connectivity index (χ3v) is 8.78. The summed E-state index contributed by atoms with van der Waals surface area (Å²) in [6, 6.07) is 7.89. The van der Waals surface area contributed by atoms with Crippen molar-refractivity contribution >= 4 is 33.7 Å². The molecule has 1 aromatic carbocycles. The molecule has 2 bridgehead atoms. The van der Waals surface area contributed by atoms with Crippen LogP contribution in [0.3, 0.4) is 0 Å². The van der Waals surface area contributed by atoms with Crippen LogP contribution in [0.5, 0.6) is 0 Å². The highest BCUT2D eigenvalue weighted by atomic mass is 79.9. The Morgan fingerprint density at radius 1 is 1.32 bits per heavy atom. The minimum atomic E-state index is -1.21. The van der Waals surface area contributed by atoms with E-state index < -0.39 is 41.6 Å². The van der Waals surface area contributed by atoms with Gasteiger partial charge in [0, 0.05) is 17.9 Å². The molecule has 2 amide bonds. The molecular formula is C29H37BrN2O6. The second-order valence-electron chi connectivity index (χ2n) is 10.3. The van der Waals surface area contributed by atoms with Crippen LogP contribution in [0.25, 0.3) is 0 Å². The Kier molecular flexibility index (Phi) is 9.11. The monoisotopic (exact) mass is 588 g/mol. The number of esters is 1. The lowest BCUT2D eigenvalue weighted by Gasteiger charge is -2.39. The molecule has 0 aromatic heterocycles. The molecule has 3 saturated heterocycles. The number of amides is 2. The van der Waals surface area contributed by atoms with E-state index in [1.807, 2.05) is 30.3 Å². The number of nitrogens with zero attached hydrogens (tertiary/aromatic N) is 2. The van der Waals surface area contributed by atoms with E-state index in [9.17, 15) is 19.5 Å². The Balaban J connectivity index is 1.78. The number of alkyl halides is 1. The van der Waals surface area contributed by atoms with Crippen molar-refractivity contribution in [3.8, 4) is 0 Å². The number of fused-ring (bicyclic) bond motifs is 1. The van der Waals surface area contributed by atoms with Crippen molar-refractivity contribution in [3.63, 3.8) is 0 Å². The first kappa shape index (κ1) is 28.5. The first-order valence-electron chi connectivity index (χ1n) is 13.3. The molecule has 0 radical (unpaired) electrons. The van der Waals surface area contributed by atoms with E-state index in [1.54, 1.807) is 11.0 Å². The molecule has 3 aliphatic heterocycles. The SMILES string of the molecule is C=CCOC(=O)[C@H]1[C@H]2C(=O)N([C@@H](CO)Cc3ccccc3)C(C(=O)N(CC=C)CCCC)C23CC(Br)[C@@H]1O3. The van der Waals surface area contributed by atoms with Crippen molar-refractivity contribution in [2.45, 2.75) is 61.2 Å². The van der Waals surface area contributed by atoms with Crippen molar-refractivity contribution in [1.82, 2.24) is 9.80 Å². The quantitative estimate of drug-likeness (QED) is 0.216. The van der Waals surface area contributed by atoms with Gasteiger partial charge in [0.2, 0.25) is 11.8 Å². The summed E-state index contributed by atoms with van der Waals surface area (Å²) in [6.45, 7) is 10.00. The molecule has 0 saturated carbocycles. The van der Waals surface area contributed by atoms with Crippen LogP contribution in [0.4, 0.5) is 0 Å². The summed E-state index contributed by atoms with van der Waals surface area (Å²) >= 11 is 3.66. The molecular weight excluding hydrogens is 552 g/mol. The minimum Gasteiger partial charge on any atom is -0.461 e. The van der Waals surface area contributed by atoms with Crippen molar-refractivity contribution < 1.29 is 29.0 Å². The fraction of sp³-hybridized carbons (Fsp3) is 0.552. The Bertz CT molecular complexity index is 1050. The van der Waals surface area contributed by atoms with Crippen LogP contribution < -0.4 is 0 Å². The molecule has 1 spiro atoms. The average Bonchev–Trinajstić information content (AvgIpc) is 3.51. The highest BCUT2D eigenvalue weighted by Crippen LogP contribution is 2.60. The lowest BCUT2D eigenvalue weighted by atomic mass is 9.70. The zero-order valence-corrected chi connectivity index (χ0v) is 23.4. The molecule has 3 aliphatic rings. The number of hydrogen-bond donors (Lipinski definition) is 1. The molecule has 7 atom stereocenters. The normalized spacial score (nSPS) is 30.1. The maximum absolute atomic E-state index is 14.3. The first-order chi connectivity index (χ1) is 18.3. The summed E-state index contributed by atoms with van der Waals surface area (Å²) in [5, 5.41) is 10.5. The van der Waals surface area contributed by atoms with Gasteiger partial charge in [0.15, 0.2) is 0 Å². The summed E-state index contributed by atoms with van der Waals surface area (Å²) in [7, 11) is 0. The zero-order valence-electron chi connectivity index (χ0n) is 21.8. The van der Waals surface area contributed by atoms with Crippen LogP contribution in [0.1, 0.15) is 31.7 Å². The molecule has 1 N–H and O–H groups in total. The van der Waals surface area contributed by atoms with E-state index in [4.69, 9.17) is 9.47 Å². The van der Waals surface area contributed by atoms with Crippen LogP contribution in [-0.2, 0) is 30.3 Å². The number of aliphatic hydroxyl groups is 1. The van der Waals surface area contributed by atoms with E-state index in [1.165, 1.54) is 11.0 Å². The molecule has 3 heterocycles. The lowest BCUT2D eigenvalue weighted by Crippen LogP contribution is -2.59. The second-order valence-corrected chi connectivity index (χ2v) is 11.5. The van der Waals surface area contributed by atoms with Gasteiger partial charge in [-0.15, -0.1) is 6.58 Å². The van der Waals surface area contributed by atoms with Gasteiger partial charge < -0.3 is 24.4 Å². The molecule has 8 nitrogen and oxygen atoms in total. The molecule has 0 aliphatic carbocycles. The fourth-order valence-corrected chi connectivity index (χ4v) is 7.30.